The molecule has 7 N–H and O–H groups in total. The average Bonchev–Trinajstić information content (AvgIpc) is 2.96. The summed E-state index contributed by atoms with van der Waals surface area (Å²) in [6, 6.07) is 3.90. The molecule has 1 aromatic carbocycles. The molecule has 0 radical (unpaired) electrons. The van der Waals surface area contributed by atoms with Crippen molar-refractivity contribution in [3.63, 3.8) is 0 Å². The first-order chi connectivity index (χ1) is 21.6. The summed E-state index contributed by atoms with van der Waals surface area (Å²) in [6.07, 6.45) is -0.964. The molecule has 0 saturated carbocycles. The smallest absolute Gasteiger partial charge is 0.305 e. The highest BCUT2D eigenvalue weighted by atomic mass is 32.2. The van der Waals surface area contributed by atoms with Gasteiger partial charge in [-0.05, 0) is 36.5 Å². The summed E-state index contributed by atoms with van der Waals surface area (Å²) in [5.74, 6) is -8.27. The predicted molar refractivity (Wildman–Crippen MR) is 167 cm³/mol. The second-order valence-electron chi connectivity index (χ2n) is 10.8. The minimum Gasteiger partial charge on any atom is -0.481 e. The Morgan fingerprint density at radius 3 is 1.83 bits per heavy atom. The highest BCUT2D eigenvalue weighted by Gasteiger charge is 2.33. The maximum atomic E-state index is 13.2. The monoisotopic (exact) mass is 666 g/mol. The lowest BCUT2D eigenvalue weighted by Gasteiger charge is -2.27. The number of amides is 4. The fourth-order valence-electron chi connectivity index (χ4n) is 4.20. The van der Waals surface area contributed by atoms with Gasteiger partial charge in [0.2, 0.25) is 23.6 Å². The van der Waals surface area contributed by atoms with Gasteiger partial charge in [0.25, 0.3) is 0 Å². The van der Waals surface area contributed by atoms with Crippen LogP contribution in [0.5, 0.6) is 0 Å². The number of carbonyl (C=O) groups excluding carboxylic acids is 5. The highest BCUT2D eigenvalue weighted by molar-refractivity contribution is 7.99. The Morgan fingerprint density at radius 1 is 0.717 bits per heavy atom. The largest absolute Gasteiger partial charge is 0.481 e. The summed E-state index contributed by atoms with van der Waals surface area (Å²) in [6.45, 7) is 4.17. The lowest BCUT2D eigenvalue weighted by Crippen LogP contribution is -2.59. The molecule has 1 aromatic rings. The molecule has 0 aromatic heterocycles. The Balaban J connectivity index is 2.96. The van der Waals surface area contributed by atoms with E-state index in [0.29, 0.717) is 5.75 Å². The van der Waals surface area contributed by atoms with Crippen molar-refractivity contribution in [2.45, 2.75) is 83.5 Å². The summed E-state index contributed by atoms with van der Waals surface area (Å²) in [7, 11) is 0. The van der Waals surface area contributed by atoms with Gasteiger partial charge in [-0.1, -0.05) is 44.2 Å². The predicted octanol–water partition coefficient (Wildman–Crippen LogP) is 0.351. The fraction of sp³-hybridized carbons (Fsp3) is 0.533. The number of nitrogens with one attached hydrogen (secondary N) is 4. The summed E-state index contributed by atoms with van der Waals surface area (Å²) in [4.78, 5) is 97.4. The number of benzene rings is 1. The molecule has 15 nitrogen and oxygen atoms in total. The van der Waals surface area contributed by atoms with Crippen LogP contribution in [-0.2, 0) is 44.8 Å². The lowest BCUT2D eigenvalue weighted by molar-refractivity contribution is -0.142. The molecular weight excluding hydrogens is 624 g/mol. The van der Waals surface area contributed by atoms with Gasteiger partial charge in [0.1, 0.15) is 18.1 Å². The van der Waals surface area contributed by atoms with E-state index in [-0.39, 0.29) is 5.75 Å². The van der Waals surface area contributed by atoms with E-state index in [1.807, 2.05) is 30.3 Å². The van der Waals surface area contributed by atoms with Crippen molar-refractivity contribution in [3.8, 4) is 0 Å². The number of aliphatic carboxylic acids is 3. The average molecular weight is 667 g/mol. The maximum absolute atomic E-state index is 13.2. The third-order valence-corrected chi connectivity index (χ3v) is 7.59. The standard InChI is InChI=1S/C30H42N4O11S/c1-17(2)27(34-28(43)20(11-12-24(37)38)32-29(44)22(15-26(41)42)31-18(3)35)30(45)33-21(14-25(39)40)23(36)16-46-13-7-10-19-8-5-4-6-9-19/h4-6,8-9,17,20-22,27H,7,10-16H2,1-3H3,(H,31,35)(H,32,44)(H,33,45)(H,34,43)(H,37,38)(H,39,40)(H,41,42)/t20-,21-,22-,27-/m0/s1. The number of carboxylic acid groups (broad SMARTS) is 3. The van der Waals surface area contributed by atoms with E-state index in [0.717, 1.165) is 25.3 Å². The number of thioether (sulfide) groups is 1. The minimum atomic E-state index is -1.57. The first-order valence-corrected chi connectivity index (χ1v) is 15.7. The molecule has 0 aliphatic carbocycles. The van der Waals surface area contributed by atoms with Crippen LogP contribution in [0.4, 0.5) is 0 Å². The molecule has 1 rings (SSSR count). The van der Waals surface area contributed by atoms with Crippen LogP contribution in [-0.4, -0.2) is 98.3 Å². The number of Topliss-reactive ketones (excluding diaryl/α,β-unsaturated/α-hetero) is 1. The van der Waals surface area contributed by atoms with Gasteiger partial charge in [-0.25, -0.2) is 0 Å². The van der Waals surface area contributed by atoms with Gasteiger partial charge in [0.05, 0.1) is 24.6 Å². The molecule has 0 saturated heterocycles. The first kappa shape index (κ1) is 39.6. The van der Waals surface area contributed by atoms with Gasteiger partial charge in [-0.3, -0.25) is 38.4 Å². The number of ketones is 1. The van der Waals surface area contributed by atoms with Crippen LogP contribution in [0.3, 0.4) is 0 Å². The van der Waals surface area contributed by atoms with Crippen molar-refractivity contribution in [3.05, 3.63) is 35.9 Å². The van der Waals surface area contributed by atoms with Crippen LogP contribution in [0.1, 0.15) is 58.4 Å². The molecule has 4 atom stereocenters. The molecule has 4 amide bonds. The third-order valence-electron chi connectivity index (χ3n) is 6.52. The van der Waals surface area contributed by atoms with Crippen molar-refractivity contribution >= 4 is 59.1 Å². The Kier molecular flexibility index (Phi) is 17.7. The van der Waals surface area contributed by atoms with Crippen molar-refractivity contribution in [1.82, 2.24) is 21.3 Å². The van der Waals surface area contributed by atoms with Crippen molar-refractivity contribution < 1.29 is 53.7 Å². The topological polar surface area (TPSA) is 245 Å². The SMILES string of the molecule is CC(=O)N[C@@H](CC(=O)O)C(=O)N[C@@H](CCC(=O)O)C(=O)N[C@H](C(=O)N[C@@H](CC(=O)O)C(=O)CSCCCc1ccccc1)C(C)C. The van der Waals surface area contributed by atoms with Gasteiger partial charge in [0, 0.05) is 13.3 Å². The maximum Gasteiger partial charge on any atom is 0.305 e. The second kappa shape index (κ2) is 20.5. The lowest BCUT2D eigenvalue weighted by atomic mass is 10.0. The second-order valence-corrected chi connectivity index (χ2v) is 11.9. The molecule has 0 aliphatic heterocycles. The molecule has 0 heterocycles. The van der Waals surface area contributed by atoms with Gasteiger partial charge < -0.3 is 36.6 Å². The summed E-state index contributed by atoms with van der Waals surface area (Å²) in [5.41, 5.74) is 1.14. The van der Waals surface area contributed by atoms with Crippen molar-refractivity contribution in [2.75, 3.05) is 11.5 Å². The van der Waals surface area contributed by atoms with Gasteiger partial charge >= 0.3 is 17.9 Å². The zero-order chi connectivity index (χ0) is 34.8. The summed E-state index contributed by atoms with van der Waals surface area (Å²) < 4.78 is 0. The van der Waals surface area contributed by atoms with E-state index in [1.165, 1.54) is 11.8 Å². The van der Waals surface area contributed by atoms with E-state index in [1.54, 1.807) is 13.8 Å². The Hall–Kier alpha value is -4.47. The third kappa shape index (κ3) is 16.0. The molecule has 16 heteroatoms. The van der Waals surface area contributed by atoms with E-state index in [9.17, 15) is 43.5 Å². The Bertz CT molecular complexity index is 1230. The fourth-order valence-corrected chi connectivity index (χ4v) is 5.10. The highest BCUT2D eigenvalue weighted by Crippen LogP contribution is 2.12. The molecule has 0 aliphatic rings. The van der Waals surface area contributed by atoms with Crippen molar-refractivity contribution in [1.29, 1.82) is 0 Å². The zero-order valence-corrected chi connectivity index (χ0v) is 26.8. The van der Waals surface area contributed by atoms with Crippen LogP contribution in [0, 0.1) is 5.92 Å². The van der Waals surface area contributed by atoms with Crippen molar-refractivity contribution in [2.24, 2.45) is 5.92 Å². The van der Waals surface area contributed by atoms with Gasteiger partial charge in [-0.15, -0.1) is 0 Å². The van der Waals surface area contributed by atoms with E-state index in [2.05, 4.69) is 21.3 Å². The number of aryl methyl sites for hydroxylation is 1. The first-order valence-electron chi connectivity index (χ1n) is 14.6. The number of carbonyl (C=O) groups is 8. The Morgan fingerprint density at radius 2 is 1.28 bits per heavy atom. The zero-order valence-electron chi connectivity index (χ0n) is 25.9. The molecule has 0 fully saturated rings. The molecule has 0 bridgehead atoms. The number of hydrogen-bond acceptors (Lipinski definition) is 9. The van der Waals surface area contributed by atoms with Gasteiger partial charge in [0.15, 0.2) is 5.78 Å². The molecule has 46 heavy (non-hydrogen) atoms. The number of hydrogen-bond donors (Lipinski definition) is 7. The van der Waals surface area contributed by atoms with Crippen LogP contribution >= 0.6 is 11.8 Å². The van der Waals surface area contributed by atoms with E-state index >= 15 is 0 Å². The molecule has 0 unspecified atom stereocenters. The Labute approximate surface area is 270 Å². The van der Waals surface area contributed by atoms with Crippen LogP contribution in [0.25, 0.3) is 0 Å². The number of carboxylic acids is 3. The molecular formula is C30H42N4O11S. The minimum absolute atomic E-state index is 0.0547. The van der Waals surface area contributed by atoms with E-state index < -0.39 is 103 Å². The quantitative estimate of drug-likeness (QED) is 0.0829. The van der Waals surface area contributed by atoms with Crippen LogP contribution in [0.2, 0.25) is 0 Å². The number of rotatable bonds is 22. The molecule has 0 spiro atoms. The summed E-state index contributed by atoms with van der Waals surface area (Å²) in [5, 5.41) is 36.8. The normalized spacial score (nSPS) is 13.4. The molecule has 254 valence electrons. The van der Waals surface area contributed by atoms with E-state index in [4.69, 9.17) is 10.2 Å². The van der Waals surface area contributed by atoms with Gasteiger partial charge in [-0.2, -0.15) is 11.8 Å². The van der Waals surface area contributed by atoms with Crippen LogP contribution < -0.4 is 21.3 Å². The summed E-state index contributed by atoms with van der Waals surface area (Å²) >= 11 is 1.30. The van der Waals surface area contributed by atoms with Crippen LogP contribution in [0.15, 0.2) is 30.3 Å².